The Balaban J connectivity index is -0.000000169. The molecule has 0 saturated carbocycles. The van der Waals surface area contributed by atoms with Crippen LogP contribution in [0.4, 0.5) is 26.3 Å². The van der Waals surface area contributed by atoms with E-state index in [1.54, 1.807) is 0 Å². The van der Waals surface area contributed by atoms with Crippen molar-refractivity contribution < 1.29 is 67.9 Å². The molecule has 0 fully saturated rings. The maximum absolute atomic E-state index is 12.1. The summed E-state index contributed by atoms with van der Waals surface area (Å²) in [6.07, 6.45) is 2.62. The van der Waals surface area contributed by atoms with Crippen LogP contribution in [0.15, 0.2) is 24.3 Å². The monoisotopic (exact) mass is 547 g/mol. The molecule has 0 heterocycles. The van der Waals surface area contributed by atoms with Crippen LogP contribution in [-0.4, -0.2) is 59.5 Å². The van der Waals surface area contributed by atoms with Gasteiger partial charge in [-0.15, -0.1) is 0 Å². The number of halogens is 6. The summed E-state index contributed by atoms with van der Waals surface area (Å²) < 4.78 is 72.3. The fourth-order valence-electron chi connectivity index (χ4n) is 1.14. The second-order valence-corrected chi connectivity index (χ2v) is 10.9. The maximum atomic E-state index is 12.1. The van der Waals surface area contributed by atoms with Gasteiger partial charge in [0.2, 0.25) is 0 Å². The quantitative estimate of drug-likeness (QED) is 0.309. The molecular formula is C16H29F6GeO3Zr-. The normalized spacial score (nSPS) is 10.4. The maximum Gasteiger partial charge on any atom is 0 e. The molecule has 0 amide bonds. The zero-order valence-electron chi connectivity index (χ0n) is 15.7. The van der Waals surface area contributed by atoms with E-state index in [2.05, 4.69) is 0 Å². The summed E-state index contributed by atoms with van der Waals surface area (Å²) >= 11 is -5.46. The van der Waals surface area contributed by atoms with E-state index in [9.17, 15) is 26.3 Å². The van der Waals surface area contributed by atoms with Gasteiger partial charge in [-0.3, -0.25) is 0 Å². The summed E-state index contributed by atoms with van der Waals surface area (Å²) in [5, 5.41) is 13.4. The second-order valence-electron chi connectivity index (χ2n) is 4.91. The van der Waals surface area contributed by atoms with Crippen LogP contribution >= 0.6 is 0 Å². The summed E-state index contributed by atoms with van der Waals surface area (Å²) in [5.41, 5.74) is 0. The van der Waals surface area contributed by atoms with E-state index in [4.69, 9.17) is 15.3 Å². The molecule has 0 radical (unpaired) electrons. The van der Waals surface area contributed by atoms with Gasteiger partial charge in [-0.25, -0.2) is 0 Å². The zero-order valence-corrected chi connectivity index (χ0v) is 20.6. The van der Waals surface area contributed by atoms with Crippen molar-refractivity contribution in [2.24, 2.45) is 0 Å². The molecule has 1 rings (SSSR count). The van der Waals surface area contributed by atoms with E-state index >= 15 is 0 Å². The van der Waals surface area contributed by atoms with Crippen LogP contribution in [0.1, 0.15) is 40.0 Å². The predicted octanol–water partition coefficient (Wildman–Crippen LogP) is 3.21. The van der Waals surface area contributed by atoms with Gasteiger partial charge in [-0.1, -0.05) is 20.8 Å². The Morgan fingerprint density at radius 3 is 1.07 bits per heavy atom. The summed E-state index contributed by atoms with van der Waals surface area (Å²) in [5.74, 6) is 0. The third-order valence-electron chi connectivity index (χ3n) is 2.35. The van der Waals surface area contributed by atoms with Crippen molar-refractivity contribution >= 4 is 18.7 Å². The van der Waals surface area contributed by atoms with Crippen molar-refractivity contribution in [2.75, 3.05) is 19.8 Å². The average Bonchev–Trinajstić information content (AvgIpc) is 3.06. The molecule has 0 aliphatic heterocycles. The van der Waals surface area contributed by atoms with Gasteiger partial charge in [0.05, 0.1) is 0 Å². The van der Waals surface area contributed by atoms with Crippen LogP contribution < -0.4 is 4.40 Å². The molecule has 0 saturated heterocycles. The molecule has 0 bridgehead atoms. The summed E-state index contributed by atoms with van der Waals surface area (Å²) in [6.45, 7) is 6.75. The van der Waals surface area contributed by atoms with Crippen LogP contribution in [0.2, 0.25) is 0 Å². The largest absolute Gasteiger partial charge is 0 e. The minimum Gasteiger partial charge on any atom is 0 e. The zero-order chi connectivity index (χ0) is 21.2. The van der Waals surface area contributed by atoms with E-state index in [0.717, 1.165) is 31.4 Å². The predicted molar refractivity (Wildman–Crippen MR) is 93.1 cm³/mol. The first-order valence-electron chi connectivity index (χ1n) is 8.15. The molecule has 3 N–H and O–H groups in total. The Morgan fingerprint density at radius 1 is 0.704 bits per heavy atom. The van der Waals surface area contributed by atoms with Crippen LogP contribution in [0.25, 0.3) is 0 Å². The Morgan fingerprint density at radius 2 is 0.926 bits per heavy atom. The van der Waals surface area contributed by atoms with Crippen LogP contribution in [0.3, 0.4) is 0 Å². The summed E-state index contributed by atoms with van der Waals surface area (Å²) in [6, 6.07) is 4.16. The van der Waals surface area contributed by atoms with Gasteiger partial charge < -0.3 is 15.3 Å². The number of aliphatic hydroxyl groups is 3. The molecule has 3 nitrogen and oxygen atoms in total. The molecule has 0 aromatic heterocycles. The molecule has 1 aromatic carbocycles. The molecule has 11 heteroatoms. The molecule has 162 valence electrons. The van der Waals surface area contributed by atoms with Crippen molar-refractivity contribution in [1.29, 1.82) is 0 Å². The van der Waals surface area contributed by atoms with Crippen molar-refractivity contribution in [3.8, 4) is 0 Å². The minimum absolute atomic E-state index is 0. The summed E-state index contributed by atoms with van der Waals surface area (Å²) in [7, 11) is 0. The number of alkyl halides is 6. The fraction of sp³-hybridized carbons (Fsp3) is 0.688. The van der Waals surface area contributed by atoms with Crippen LogP contribution in [0, 0.1) is 0 Å². The number of rotatable bonds is 4. The Bertz CT molecular complexity index is 357. The average molecular weight is 547 g/mol. The van der Waals surface area contributed by atoms with Crippen molar-refractivity contribution in [2.45, 2.75) is 50.1 Å². The molecule has 0 spiro atoms. The second kappa shape index (κ2) is 21.0. The van der Waals surface area contributed by atoms with Gasteiger partial charge in [-0.2, -0.15) is 0 Å². The topological polar surface area (TPSA) is 60.7 Å². The third kappa shape index (κ3) is 22.4. The Hall–Kier alpha value is 0.236. The summed E-state index contributed by atoms with van der Waals surface area (Å²) in [4.78, 5) is 0. The van der Waals surface area contributed by atoms with E-state index in [0.29, 0.717) is 19.8 Å². The van der Waals surface area contributed by atoms with Gasteiger partial charge in [0, 0.05) is 46.0 Å². The molecule has 0 unspecified atom stereocenters. The first kappa shape index (κ1) is 34.7. The van der Waals surface area contributed by atoms with Gasteiger partial charge in [0.15, 0.2) is 0 Å². The van der Waals surface area contributed by atoms with Crippen LogP contribution in [0.5, 0.6) is 0 Å². The smallest absolute Gasteiger partial charge is 0 e. The molecule has 0 aliphatic carbocycles. The fourth-order valence-corrected chi connectivity index (χ4v) is 4.78. The Labute approximate surface area is 180 Å². The van der Waals surface area contributed by atoms with Gasteiger partial charge in [-0.05, 0) is 19.3 Å². The standard InChI is InChI=1S/C7H5F6Ge.3C3H8O.Zr/c8-6(9,10)14(7(11,12)13)5-3-1-2-4-5;3*1-2-3-4;/h1-4,14H;3*4H,2-3H2,1H3;/q-1;;;;. The van der Waals surface area contributed by atoms with E-state index in [-0.39, 0.29) is 26.2 Å². The van der Waals surface area contributed by atoms with Gasteiger partial charge in [0.1, 0.15) is 0 Å². The number of hydrogen-bond donors (Lipinski definition) is 3. The molecule has 27 heavy (non-hydrogen) atoms. The number of aliphatic hydroxyl groups excluding tert-OH is 3. The van der Waals surface area contributed by atoms with Crippen molar-refractivity contribution in [1.82, 2.24) is 0 Å². The van der Waals surface area contributed by atoms with Crippen molar-refractivity contribution in [3.63, 3.8) is 0 Å². The first-order valence-corrected chi connectivity index (χ1v) is 11.8. The number of hydrogen-bond acceptors (Lipinski definition) is 3. The van der Waals surface area contributed by atoms with Crippen molar-refractivity contribution in [3.05, 3.63) is 24.3 Å². The van der Waals surface area contributed by atoms with E-state index < -0.39 is 28.8 Å². The molecular weight excluding hydrogens is 518 g/mol. The minimum atomic E-state index is -5.46. The SMILES string of the molecule is CCCO.CCCO.CCCO.F[C](F)(F)[GeH]([c-]1cccc1)[C](F)(F)F.[Zr]. The Kier molecular flexibility index (Phi) is 27.0. The van der Waals surface area contributed by atoms with Gasteiger partial charge >= 0.3 is 79.4 Å². The third-order valence-corrected chi connectivity index (χ3v) is 7.30. The van der Waals surface area contributed by atoms with E-state index in [1.165, 1.54) is 12.1 Å². The van der Waals surface area contributed by atoms with Crippen LogP contribution in [-0.2, 0) is 26.2 Å². The molecule has 0 aliphatic rings. The first-order chi connectivity index (χ1) is 12.0. The molecule has 1 aromatic rings. The molecule has 0 atom stereocenters. The van der Waals surface area contributed by atoms with Gasteiger partial charge in [0.25, 0.3) is 0 Å². The van der Waals surface area contributed by atoms with E-state index in [1.807, 2.05) is 20.8 Å².